The molecule has 1 heterocycles. The lowest BCUT2D eigenvalue weighted by molar-refractivity contribution is -0.127. The molecule has 1 saturated heterocycles. The van der Waals surface area contributed by atoms with Gasteiger partial charge < -0.3 is 10.6 Å². The molecule has 1 rings (SSSR count). The highest BCUT2D eigenvalue weighted by Gasteiger charge is 2.33. The highest BCUT2D eigenvalue weighted by Crippen LogP contribution is 2.18. The molecule has 0 aromatic carbocycles. The summed E-state index contributed by atoms with van der Waals surface area (Å²) in [6, 6.07) is 0. The Kier molecular flexibility index (Phi) is 5.34. The summed E-state index contributed by atoms with van der Waals surface area (Å²) in [7, 11) is 0. The zero-order valence-electron chi connectivity index (χ0n) is 10.1. The minimum Gasteiger partial charge on any atom is -0.355 e. The first-order valence-corrected chi connectivity index (χ1v) is 6.16. The third-order valence-electron chi connectivity index (χ3n) is 3.15. The van der Waals surface area contributed by atoms with Crippen LogP contribution in [0, 0.1) is 12.3 Å². The first kappa shape index (κ1) is 13.1. The van der Waals surface area contributed by atoms with E-state index in [1.807, 2.05) is 6.92 Å². The number of amides is 1. The van der Waals surface area contributed by atoms with Crippen molar-refractivity contribution in [1.29, 1.82) is 0 Å². The van der Waals surface area contributed by atoms with Crippen LogP contribution in [0.25, 0.3) is 0 Å². The lowest BCUT2D eigenvalue weighted by atomic mass is 9.90. The van der Waals surface area contributed by atoms with E-state index in [2.05, 4.69) is 16.6 Å². The molecule has 2 N–H and O–H groups in total. The number of nitrogens with one attached hydrogen (secondary N) is 2. The van der Waals surface area contributed by atoms with Gasteiger partial charge >= 0.3 is 0 Å². The van der Waals surface area contributed by atoms with Gasteiger partial charge in [0.05, 0.1) is 5.54 Å². The summed E-state index contributed by atoms with van der Waals surface area (Å²) in [5.74, 6) is 2.73. The quantitative estimate of drug-likeness (QED) is 0.546. The molecule has 0 aromatic heterocycles. The van der Waals surface area contributed by atoms with Crippen LogP contribution < -0.4 is 10.6 Å². The maximum absolute atomic E-state index is 11.9. The van der Waals surface area contributed by atoms with Gasteiger partial charge in [-0.05, 0) is 45.6 Å². The largest absolute Gasteiger partial charge is 0.355 e. The molecular weight excluding hydrogens is 200 g/mol. The van der Waals surface area contributed by atoms with Gasteiger partial charge in [-0.2, -0.15) is 0 Å². The molecule has 1 aliphatic heterocycles. The van der Waals surface area contributed by atoms with Gasteiger partial charge in [0.1, 0.15) is 0 Å². The van der Waals surface area contributed by atoms with Crippen molar-refractivity contribution >= 4 is 5.91 Å². The molecule has 0 saturated carbocycles. The van der Waals surface area contributed by atoms with Crippen LogP contribution in [0.5, 0.6) is 0 Å². The first-order chi connectivity index (χ1) is 7.69. The van der Waals surface area contributed by atoms with Crippen molar-refractivity contribution in [3.05, 3.63) is 0 Å². The van der Waals surface area contributed by atoms with Crippen molar-refractivity contribution in [3.8, 4) is 12.3 Å². The number of rotatable bonds is 5. The lowest BCUT2D eigenvalue weighted by Crippen LogP contribution is -2.57. The van der Waals surface area contributed by atoms with E-state index in [9.17, 15) is 4.79 Å². The molecule has 1 amide bonds. The monoisotopic (exact) mass is 222 g/mol. The molecule has 1 aliphatic rings. The summed E-state index contributed by atoms with van der Waals surface area (Å²) in [6.07, 6.45) is 11.1. The molecule has 16 heavy (non-hydrogen) atoms. The molecule has 3 nitrogen and oxygen atoms in total. The van der Waals surface area contributed by atoms with Crippen molar-refractivity contribution < 1.29 is 4.79 Å². The Morgan fingerprint density at radius 3 is 2.94 bits per heavy atom. The number of hydrogen-bond acceptors (Lipinski definition) is 2. The van der Waals surface area contributed by atoms with E-state index >= 15 is 0 Å². The van der Waals surface area contributed by atoms with E-state index in [0.717, 1.165) is 45.2 Å². The van der Waals surface area contributed by atoms with Gasteiger partial charge in [0.25, 0.3) is 0 Å². The third-order valence-corrected chi connectivity index (χ3v) is 3.15. The smallest absolute Gasteiger partial charge is 0.240 e. The molecule has 1 fully saturated rings. The molecular formula is C13H22N2O. The number of carbonyl (C=O) groups excluding carboxylic acids is 1. The van der Waals surface area contributed by atoms with Gasteiger partial charge in [-0.3, -0.25) is 4.79 Å². The van der Waals surface area contributed by atoms with Crippen LogP contribution in [0.1, 0.15) is 45.4 Å². The minimum atomic E-state index is -0.357. The van der Waals surface area contributed by atoms with Crippen molar-refractivity contribution in [2.45, 2.75) is 51.0 Å². The fourth-order valence-electron chi connectivity index (χ4n) is 2.00. The van der Waals surface area contributed by atoms with Crippen molar-refractivity contribution in [2.24, 2.45) is 0 Å². The first-order valence-electron chi connectivity index (χ1n) is 6.16. The van der Waals surface area contributed by atoms with Crippen molar-refractivity contribution in [2.75, 3.05) is 13.1 Å². The van der Waals surface area contributed by atoms with Gasteiger partial charge in [-0.25, -0.2) is 0 Å². The van der Waals surface area contributed by atoms with Crippen LogP contribution in [-0.2, 0) is 4.79 Å². The fraction of sp³-hybridized carbons (Fsp3) is 0.769. The highest BCUT2D eigenvalue weighted by molar-refractivity contribution is 5.85. The predicted octanol–water partition coefficient (Wildman–Crippen LogP) is 1.44. The molecule has 3 heteroatoms. The summed E-state index contributed by atoms with van der Waals surface area (Å²) in [6.45, 7) is 3.67. The second kappa shape index (κ2) is 6.55. The fourth-order valence-corrected chi connectivity index (χ4v) is 2.00. The summed E-state index contributed by atoms with van der Waals surface area (Å²) >= 11 is 0. The Bertz CT molecular complexity index is 262. The predicted molar refractivity (Wildman–Crippen MR) is 66.0 cm³/mol. The summed E-state index contributed by atoms with van der Waals surface area (Å²) in [5, 5.41) is 6.28. The second-order valence-electron chi connectivity index (χ2n) is 4.63. The Hall–Kier alpha value is -1.01. The number of piperidine rings is 1. The van der Waals surface area contributed by atoms with E-state index in [-0.39, 0.29) is 11.4 Å². The van der Waals surface area contributed by atoms with E-state index in [0.29, 0.717) is 0 Å². The molecule has 1 unspecified atom stereocenters. The lowest BCUT2D eigenvalue weighted by Gasteiger charge is -2.33. The Morgan fingerprint density at radius 1 is 1.50 bits per heavy atom. The SMILES string of the molecule is C#CCCCCNC(=O)C1(C)CCCCN1. The van der Waals surface area contributed by atoms with Crippen LogP contribution in [0.4, 0.5) is 0 Å². The highest BCUT2D eigenvalue weighted by atomic mass is 16.2. The van der Waals surface area contributed by atoms with Crippen molar-refractivity contribution in [3.63, 3.8) is 0 Å². The Balaban J connectivity index is 2.21. The van der Waals surface area contributed by atoms with Gasteiger partial charge in [-0.1, -0.05) is 0 Å². The van der Waals surface area contributed by atoms with Crippen LogP contribution >= 0.6 is 0 Å². The molecule has 0 aliphatic carbocycles. The molecule has 0 spiro atoms. The minimum absolute atomic E-state index is 0.132. The maximum Gasteiger partial charge on any atom is 0.240 e. The Morgan fingerprint density at radius 2 is 2.31 bits per heavy atom. The van der Waals surface area contributed by atoms with E-state index in [4.69, 9.17) is 6.42 Å². The van der Waals surface area contributed by atoms with E-state index < -0.39 is 0 Å². The van der Waals surface area contributed by atoms with Gasteiger partial charge in [0, 0.05) is 13.0 Å². The molecule has 90 valence electrons. The van der Waals surface area contributed by atoms with Crippen molar-refractivity contribution in [1.82, 2.24) is 10.6 Å². The number of hydrogen-bond donors (Lipinski definition) is 2. The maximum atomic E-state index is 11.9. The topological polar surface area (TPSA) is 41.1 Å². The number of carbonyl (C=O) groups is 1. The summed E-state index contributed by atoms with van der Waals surface area (Å²) in [5.41, 5.74) is -0.357. The average molecular weight is 222 g/mol. The Labute approximate surface area is 98.4 Å². The van der Waals surface area contributed by atoms with Gasteiger partial charge in [0.15, 0.2) is 0 Å². The number of unbranched alkanes of at least 4 members (excludes halogenated alkanes) is 2. The molecule has 0 radical (unpaired) electrons. The third kappa shape index (κ3) is 3.86. The molecule has 0 aromatic rings. The van der Waals surface area contributed by atoms with Crippen LogP contribution in [0.3, 0.4) is 0 Å². The van der Waals surface area contributed by atoms with Crippen LogP contribution in [0.15, 0.2) is 0 Å². The zero-order chi connectivity index (χ0) is 11.9. The molecule has 1 atom stereocenters. The molecule has 0 bridgehead atoms. The van der Waals surface area contributed by atoms with Crippen LogP contribution in [0.2, 0.25) is 0 Å². The van der Waals surface area contributed by atoms with E-state index in [1.165, 1.54) is 6.42 Å². The van der Waals surface area contributed by atoms with Gasteiger partial charge in [0.2, 0.25) is 5.91 Å². The second-order valence-corrected chi connectivity index (χ2v) is 4.63. The zero-order valence-corrected chi connectivity index (χ0v) is 10.1. The summed E-state index contributed by atoms with van der Waals surface area (Å²) < 4.78 is 0. The normalized spacial score (nSPS) is 24.8. The van der Waals surface area contributed by atoms with Crippen LogP contribution in [-0.4, -0.2) is 24.5 Å². The van der Waals surface area contributed by atoms with Gasteiger partial charge in [-0.15, -0.1) is 12.3 Å². The summed E-state index contributed by atoms with van der Waals surface area (Å²) in [4.78, 5) is 11.9. The van der Waals surface area contributed by atoms with E-state index in [1.54, 1.807) is 0 Å². The average Bonchev–Trinajstić information content (AvgIpc) is 2.29. The standard InChI is InChI=1S/C13H22N2O/c1-3-4-5-7-10-14-12(16)13(2)9-6-8-11-15-13/h1,15H,4-11H2,2H3,(H,14,16). The number of terminal acetylenes is 1.